The summed E-state index contributed by atoms with van der Waals surface area (Å²) in [5.41, 5.74) is 5.19. The van der Waals surface area contributed by atoms with Crippen molar-refractivity contribution in [3.63, 3.8) is 0 Å². The number of rotatable bonds is 9. The molecule has 43 heavy (non-hydrogen) atoms. The summed E-state index contributed by atoms with van der Waals surface area (Å²) in [5, 5.41) is 7.20. The lowest BCUT2D eigenvalue weighted by molar-refractivity contribution is 0.208. The average Bonchev–Trinajstić information content (AvgIpc) is 3.56. The molecule has 2 aliphatic heterocycles. The van der Waals surface area contributed by atoms with E-state index in [1.165, 1.54) is 56.4 Å². The second-order valence-corrected chi connectivity index (χ2v) is 14.8. The maximum atomic E-state index is 13.3. The van der Waals surface area contributed by atoms with Crippen molar-refractivity contribution in [3.8, 4) is 5.75 Å². The number of methoxy groups -OCH3 is 1. The van der Waals surface area contributed by atoms with Gasteiger partial charge in [0.05, 0.1) is 29.3 Å². The van der Waals surface area contributed by atoms with Crippen molar-refractivity contribution in [2.45, 2.75) is 45.1 Å². The Morgan fingerprint density at radius 2 is 1.63 bits per heavy atom. The first-order chi connectivity index (χ1) is 20.8. The van der Waals surface area contributed by atoms with E-state index in [2.05, 4.69) is 64.4 Å². The molecule has 0 unspecified atom stereocenters. The summed E-state index contributed by atoms with van der Waals surface area (Å²) < 4.78 is 19.1. The predicted molar refractivity (Wildman–Crippen MR) is 173 cm³/mol. The Morgan fingerprint density at radius 1 is 0.930 bits per heavy atom. The lowest BCUT2D eigenvalue weighted by atomic mass is 10.0. The second kappa shape index (κ2) is 12.4. The minimum absolute atomic E-state index is 0.322. The lowest BCUT2D eigenvalue weighted by Gasteiger charge is -2.38. The SMILES string of the molecule is CCc1cc(Nc2ncnc(Nc3ccc4nccnc4c3P(C)(C)=O)n2)c(OC)cc1N1CCC(N2CCCC2)CC1. The highest BCUT2D eigenvalue weighted by Gasteiger charge is 2.28. The van der Waals surface area contributed by atoms with Crippen molar-refractivity contribution < 1.29 is 9.30 Å². The van der Waals surface area contributed by atoms with Gasteiger partial charge in [-0.05, 0) is 82.3 Å². The van der Waals surface area contributed by atoms with Crippen molar-refractivity contribution in [3.05, 3.63) is 48.5 Å². The second-order valence-electron chi connectivity index (χ2n) is 11.6. The molecule has 6 rings (SSSR count). The molecule has 2 fully saturated rings. The van der Waals surface area contributed by atoms with E-state index in [-0.39, 0.29) is 0 Å². The van der Waals surface area contributed by atoms with Gasteiger partial charge in [-0.1, -0.05) is 6.92 Å². The highest BCUT2D eigenvalue weighted by Crippen LogP contribution is 2.41. The minimum Gasteiger partial charge on any atom is -0.494 e. The number of hydrogen-bond acceptors (Lipinski definition) is 11. The van der Waals surface area contributed by atoms with E-state index < -0.39 is 7.14 Å². The highest BCUT2D eigenvalue weighted by atomic mass is 31.2. The van der Waals surface area contributed by atoms with Crippen LogP contribution in [0.5, 0.6) is 5.75 Å². The van der Waals surface area contributed by atoms with Crippen molar-refractivity contribution in [2.24, 2.45) is 0 Å². The van der Waals surface area contributed by atoms with Crippen LogP contribution in [-0.2, 0) is 11.0 Å². The van der Waals surface area contributed by atoms with Crippen molar-refractivity contribution in [1.82, 2.24) is 29.8 Å². The summed E-state index contributed by atoms with van der Waals surface area (Å²) in [7, 11) is -1.04. The van der Waals surface area contributed by atoms with E-state index in [1.54, 1.807) is 32.8 Å². The molecule has 0 saturated carbocycles. The van der Waals surface area contributed by atoms with Crippen LogP contribution in [0.4, 0.5) is 29.0 Å². The number of hydrogen-bond donors (Lipinski definition) is 2. The first-order valence-corrected chi connectivity index (χ1v) is 17.7. The highest BCUT2D eigenvalue weighted by molar-refractivity contribution is 7.71. The van der Waals surface area contributed by atoms with Gasteiger partial charge in [0.15, 0.2) is 0 Å². The number of piperidine rings is 1. The van der Waals surface area contributed by atoms with Gasteiger partial charge in [-0.25, -0.2) is 9.97 Å². The molecular formula is C31H40N9O2P. The van der Waals surface area contributed by atoms with Crippen LogP contribution in [0.2, 0.25) is 0 Å². The molecule has 2 saturated heterocycles. The molecule has 4 heterocycles. The largest absolute Gasteiger partial charge is 0.494 e. The summed E-state index contributed by atoms with van der Waals surface area (Å²) in [6.07, 6.45) is 10.6. The van der Waals surface area contributed by atoms with E-state index in [1.807, 2.05) is 12.1 Å². The molecule has 0 bridgehead atoms. The Balaban J connectivity index is 1.23. The van der Waals surface area contributed by atoms with Crippen LogP contribution in [0.25, 0.3) is 11.0 Å². The Labute approximate surface area is 252 Å². The van der Waals surface area contributed by atoms with E-state index in [0.29, 0.717) is 40.0 Å². The van der Waals surface area contributed by atoms with Gasteiger partial charge >= 0.3 is 0 Å². The fraction of sp³-hybridized carbons (Fsp3) is 0.452. The zero-order valence-corrected chi connectivity index (χ0v) is 26.3. The average molecular weight is 602 g/mol. The quantitative estimate of drug-likeness (QED) is 0.247. The number of anilines is 5. The van der Waals surface area contributed by atoms with Crippen LogP contribution >= 0.6 is 7.14 Å². The molecule has 0 radical (unpaired) electrons. The number of nitrogens with zero attached hydrogens (tertiary/aromatic N) is 7. The van der Waals surface area contributed by atoms with E-state index in [4.69, 9.17) is 4.74 Å². The standard InChI is InChI=1S/C31H40N9O2P/c1-5-21-18-25(27(42-2)19-26(21)40-16-10-22(11-17-40)39-14-6-7-15-39)37-31-35-20-34-30(38-31)36-24-9-8-23-28(33-13-12-32-23)29(24)43(3,4)41/h8-9,12-13,18-20,22H,5-7,10-11,14-17H2,1-4H3,(H2,34,35,36,37,38). The molecule has 226 valence electrons. The maximum absolute atomic E-state index is 13.3. The van der Waals surface area contributed by atoms with Crippen LogP contribution < -0.4 is 25.6 Å². The molecule has 2 N–H and O–H groups in total. The van der Waals surface area contributed by atoms with Gasteiger partial charge in [-0.3, -0.25) is 9.97 Å². The van der Waals surface area contributed by atoms with Crippen LogP contribution in [0, 0.1) is 0 Å². The first kappa shape index (κ1) is 29.3. The zero-order valence-electron chi connectivity index (χ0n) is 25.4. The number of fused-ring (bicyclic) bond motifs is 1. The first-order valence-electron chi connectivity index (χ1n) is 15.1. The molecule has 11 nitrogen and oxygen atoms in total. The van der Waals surface area contributed by atoms with Crippen molar-refractivity contribution in [2.75, 3.05) is 62.2 Å². The fourth-order valence-electron chi connectivity index (χ4n) is 6.36. The Morgan fingerprint density at radius 3 is 2.30 bits per heavy atom. The molecule has 0 amide bonds. The van der Waals surface area contributed by atoms with Crippen molar-refractivity contribution >= 4 is 52.4 Å². The summed E-state index contributed by atoms with van der Waals surface area (Å²) in [5.74, 6) is 1.43. The van der Waals surface area contributed by atoms with Crippen LogP contribution in [0.3, 0.4) is 0 Å². The molecule has 0 spiro atoms. The van der Waals surface area contributed by atoms with Gasteiger partial charge in [0.25, 0.3) is 0 Å². The van der Waals surface area contributed by atoms with Gasteiger partial charge in [0, 0.05) is 43.3 Å². The number of likely N-dealkylation sites (tertiary alicyclic amines) is 1. The van der Waals surface area contributed by atoms with Gasteiger partial charge < -0.3 is 29.7 Å². The number of ether oxygens (including phenoxy) is 1. The number of benzene rings is 2. The lowest BCUT2D eigenvalue weighted by Crippen LogP contribution is -2.44. The monoisotopic (exact) mass is 601 g/mol. The normalized spacial score (nSPS) is 16.5. The van der Waals surface area contributed by atoms with E-state index >= 15 is 0 Å². The molecule has 4 aromatic rings. The number of aromatic nitrogens is 5. The third-order valence-corrected chi connectivity index (χ3v) is 9.99. The van der Waals surface area contributed by atoms with Crippen LogP contribution in [0.15, 0.2) is 43.0 Å². The van der Waals surface area contributed by atoms with Gasteiger partial charge in [0.1, 0.15) is 24.7 Å². The van der Waals surface area contributed by atoms with Gasteiger partial charge in [-0.2, -0.15) is 4.98 Å². The van der Waals surface area contributed by atoms with Crippen molar-refractivity contribution in [1.29, 1.82) is 0 Å². The number of aryl methyl sites for hydroxylation is 1. The molecule has 12 heteroatoms. The Bertz CT molecular complexity index is 1650. The molecular weight excluding hydrogens is 561 g/mol. The topological polar surface area (TPSA) is 121 Å². The third-order valence-electron chi connectivity index (χ3n) is 8.46. The molecule has 2 aromatic carbocycles. The third kappa shape index (κ3) is 6.28. The zero-order chi connectivity index (χ0) is 30.0. The molecule has 0 atom stereocenters. The Hall–Kier alpha value is -3.82. The van der Waals surface area contributed by atoms with Crippen LogP contribution in [0.1, 0.15) is 38.2 Å². The number of nitrogens with one attached hydrogen (secondary N) is 2. The summed E-state index contributed by atoms with van der Waals surface area (Å²) in [4.78, 5) is 27.3. The summed E-state index contributed by atoms with van der Waals surface area (Å²) in [6.45, 7) is 10.2. The maximum Gasteiger partial charge on any atom is 0.232 e. The van der Waals surface area contributed by atoms with Gasteiger partial charge in [-0.15, -0.1) is 0 Å². The summed E-state index contributed by atoms with van der Waals surface area (Å²) >= 11 is 0. The van der Waals surface area contributed by atoms with E-state index in [0.717, 1.165) is 30.9 Å². The Kier molecular flexibility index (Phi) is 8.45. The fourth-order valence-corrected chi connectivity index (χ4v) is 7.76. The minimum atomic E-state index is -2.73. The van der Waals surface area contributed by atoms with Gasteiger partial charge in [0.2, 0.25) is 11.9 Å². The smallest absolute Gasteiger partial charge is 0.232 e. The van der Waals surface area contributed by atoms with E-state index in [9.17, 15) is 4.57 Å². The predicted octanol–water partition coefficient (Wildman–Crippen LogP) is 5.19. The molecule has 2 aromatic heterocycles. The molecule has 2 aliphatic rings. The molecule has 0 aliphatic carbocycles. The summed E-state index contributed by atoms with van der Waals surface area (Å²) in [6, 6.07) is 8.67. The van der Waals surface area contributed by atoms with Crippen LogP contribution in [-0.4, -0.2) is 82.5 Å².